The summed E-state index contributed by atoms with van der Waals surface area (Å²) < 4.78 is 23.6. The van der Waals surface area contributed by atoms with Crippen LogP contribution in [0, 0.1) is 18.7 Å². The molecule has 0 saturated carbocycles. The molecule has 1 atom stereocenters. The van der Waals surface area contributed by atoms with Crippen LogP contribution in [0.1, 0.15) is 17.7 Å². The van der Waals surface area contributed by atoms with Crippen molar-refractivity contribution in [3.8, 4) is 11.3 Å². The molecule has 1 aromatic heterocycles. The highest BCUT2D eigenvalue weighted by Crippen LogP contribution is 2.27. The third-order valence-corrected chi connectivity index (χ3v) is 4.85. The summed E-state index contributed by atoms with van der Waals surface area (Å²) in [5, 5.41) is 3.88. The van der Waals surface area contributed by atoms with Crippen molar-refractivity contribution in [1.29, 1.82) is 0 Å². The molecule has 4 rings (SSSR count). The van der Waals surface area contributed by atoms with E-state index in [1.54, 1.807) is 23.1 Å². The van der Waals surface area contributed by atoms with Gasteiger partial charge in [-0.2, -0.15) is 0 Å². The van der Waals surface area contributed by atoms with Gasteiger partial charge in [-0.15, -0.1) is 0 Å². The maximum absolute atomic E-state index is 13.0. The van der Waals surface area contributed by atoms with Crippen LogP contribution >= 0.6 is 0 Å². The first-order chi connectivity index (χ1) is 14.0. The standard InChI is InChI=1S/C22H19FN2O4/c1-14-2-8-19(9-3-14)25-12-16(10-21(25)26)22(27)28-13-18-11-20(29-24-18)15-4-6-17(23)7-5-15/h2-9,11,16H,10,12-13H2,1H3. The maximum atomic E-state index is 13.0. The minimum absolute atomic E-state index is 0.0568. The molecular weight excluding hydrogens is 375 g/mol. The Kier molecular flexibility index (Phi) is 5.12. The van der Waals surface area contributed by atoms with Gasteiger partial charge in [0.05, 0.1) is 5.92 Å². The van der Waals surface area contributed by atoms with Gasteiger partial charge in [0, 0.05) is 30.3 Å². The average Bonchev–Trinajstić information content (AvgIpc) is 3.34. The van der Waals surface area contributed by atoms with Crippen LogP contribution in [0.5, 0.6) is 0 Å². The van der Waals surface area contributed by atoms with E-state index in [0.717, 1.165) is 11.3 Å². The molecule has 0 spiro atoms. The van der Waals surface area contributed by atoms with E-state index < -0.39 is 11.9 Å². The number of hydrogen-bond donors (Lipinski definition) is 0. The lowest BCUT2D eigenvalue weighted by Gasteiger charge is -2.16. The second kappa shape index (κ2) is 7.87. The second-order valence-corrected chi connectivity index (χ2v) is 7.04. The minimum Gasteiger partial charge on any atom is -0.459 e. The fraction of sp³-hybridized carbons (Fsp3) is 0.227. The zero-order valence-electron chi connectivity index (χ0n) is 15.8. The molecule has 2 heterocycles. The first-order valence-electron chi connectivity index (χ1n) is 9.25. The molecule has 0 radical (unpaired) electrons. The molecule has 0 bridgehead atoms. The number of benzene rings is 2. The molecule has 0 aliphatic carbocycles. The number of aromatic nitrogens is 1. The number of ether oxygens (including phenoxy) is 1. The van der Waals surface area contributed by atoms with Gasteiger partial charge in [0.15, 0.2) is 5.76 Å². The average molecular weight is 394 g/mol. The lowest BCUT2D eigenvalue weighted by atomic mass is 10.1. The number of anilines is 1. The first-order valence-corrected chi connectivity index (χ1v) is 9.25. The van der Waals surface area contributed by atoms with Crippen LogP contribution in [-0.4, -0.2) is 23.6 Å². The normalized spacial score (nSPS) is 16.3. The summed E-state index contributed by atoms with van der Waals surface area (Å²) in [5.41, 5.74) is 2.99. The van der Waals surface area contributed by atoms with E-state index >= 15 is 0 Å². The molecule has 29 heavy (non-hydrogen) atoms. The number of hydrogen-bond acceptors (Lipinski definition) is 5. The van der Waals surface area contributed by atoms with Crippen LogP contribution in [0.2, 0.25) is 0 Å². The van der Waals surface area contributed by atoms with Crippen molar-refractivity contribution < 1.29 is 23.2 Å². The van der Waals surface area contributed by atoms with Gasteiger partial charge in [0.1, 0.15) is 18.1 Å². The third kappa shape index (κ3) is 4.18. The minimum atomic E-state index is -0.521. The van der Waals surface area contributed by atoms with Crippen LogP contribution in [0.15, 0.2) is 59.1 Å². The number of nitrogens with zero attached hydrogens (tertiary/aromatic N) is 2. The fourth-order valence-electron chi connectivity index (χ4n) is 3.23. The molecule has 7 heteroatoms. The Hall–Kier alpha value is -3.48. The molecule has 1 saturated heterocycles. The number of rotatable bonds is 5. The molecule has 3 aromatic rings. The Morgan fingerprint density at radius 3 is 2.66 bits per heavy atom. The van der Waals surface area contributed by atoms with E-state index in [1.165, 1.54) is 12.1 Å². The van der Waals surface area contributed by atoms with Crippen LogP contribution in [0.3, 0.4) is 0 Å². The van der Waals surface area contributed by atoms with Gasteiger partial charge in [-0.3, -0.25) is 9.59 Å². The summed E-state index contributed by atoms with van der Waals surface area (Å²) in [7, 11) is 0. The monoisotopic (exact) mass is 394 g/mol. The largest absolute Gasteiger partial charge is 0.459 e. The molecule has 6 nitrogen and oxygen atoms in total. The van der Waals surface area contributed by atoms with Crippen LogP contribution < -0.4 is 4.90 Å². The van der Waals surface area contributed by atoms with Crippen molar-refractivity contribution in [1.82, 2.24) is 5.16 Å². The van der Waals surface area contributed by atoms with Crippen LogP contribution in [0.25, 0.3) is 11.3 Å². The predicted molar refractivity (Wildman–Crippen MR) is 103 cm³/mol. The number of esters is 1. The number of halogens is 1. The molecule has 0 N–H and O–H groups in total. The van der Waals surface area contributed by atoms with E-state index in [9.17, 15) is 14.0 Å². The zero-order valence-corrected chi connectivity index (χ0v) is 15.8. The van der Waals surface area contributed by atoms with E-state index in [1.807, 2.05) is 31.2 Å². The van der Waals surface area contributed by atoms with Crippen LogP contribution in [-0.2, 0) is 20.9 Å². The quantitative estimate of drug-likeness (QED) is 0.614. The molecule has 1 fully saturated rings. The molecule has 2 aromatic carbocycles. The molecule has 1 aliphatic heterocycles. The van der Waals surface area contributed by atoms with E-state index in [4.69, 9.17) is 9.26 Å². The Morgan fingerprint density at radius 2 is 1.93 bits per heavy atom. The summed E-state index contributed by atoms with van der Waals surface area (Å²) >= 11 is 0. The van der Waals surface area contributed by atoms with Crippen molar-refractivity contribution >= 4 is 17.6 Å². The van der Waals surface area contributed by atoms with Gasteiger partial charge in [-0.25, -0.2) is 4.39 Å². The van der Waals surface area contributed by atoms with E-state index in [-0.39, 0.29) is 24.8 Å². The summed E-state index contributed by atoms with van der Waals surface area (Å²) in [6, 6.07) is 15.0. The third-order valence-electron chi connectivity index (χ3n) is 4.85. The summed E-state index contributed by atoms with van der Waals surface area (Å²) in [5.74, 6) is -0.951. The van der Waals surface area contributed by atoms with Crippen molar-refractivity contribution in [3.63, 3.8) is 0 Å². The van der Waals surface area contributed by atoms with Gasteiger partial charge in [-0.1, -0.05) is 22.9 Å². The highest BCUT2D eigenvalue weighted by Gasteiger charge is 2.36. The van der Waals surface area contributed by atoms with Crippen molar-refractivity contribution in [2.45, 2.75) is 20.0 Å². The van der Waals surface area contributed by atoms with Crippen molar-refractivity contribution in [2.75, 3.05) is 11.4 Å². The molecule has 1 amide bonds. The van der Waals surface area contributed by atoms with Crippen molar-refractivity contribution in [3.05, 3.63) is 71.7 Å². The Balaban J connectivity index is 1.35. The highest BCUT2D eigenvalue weighted by molar-refractivity contribution is 5.99. The maximum Gasteiger partial charge on any atom is 0.311 e. The second-order valence-electron chi connectivity index (χ2n) is 7.04. The van der Waals surface area contributed by atoms with E-state index in [0.29, 0.717) is 23.6 Å². The first kappa shape index (κ1) is 18.9. The lowest BCUT2D eigenvalue weighted by molar-refractivity contribution is -0.149. The topological polar surface area (TPSA) is 72.6 Å². The summed E-state index contributed by atoms with van der Waals surface area (Å²) in [4.78, 5) is 26.3. The predicted octanol–water partition coefficient (Wildman–Crippen LogP) is 3.89. The number of aryl methyl sites for hydroxylation is 1. The fourth-order valence-corrected chi connectivity index (χ4v) is 3.23. The smallest absolute Gasteiger partial charge is 0.311 e. The van der Waals surface area contributed by atoms with E-state index in [2.05, 4.69) is 5.16 Å². The van der Waals surface area contributed by atoms with Gasteiger partial charge >= 0.3 is 5.97 Å². The SMILES string of the molecule is Cc1ccc(N2CC(C(=O)OCc3cc(-c4ccc(F)cc4)on3)CC2=O)cc1. The van der Waals surface area contributed by atoms with Gasteiger partial charge in [-0.05, 0) is 43.3 Å². The van der Waals surface area contributed by atoms with Crippen molar-refractivity contribution in [2.24, 2.45) is 5.92 Å². The number of amides is 1. The zero-order chi connectivity index (χ0) is 20.4. The molecule has 1 unspecified atom stereocenters. The molecule has 1 aliphatic rings. The Bertz CT molecular complexity index is 1030. The molecular formula is C22H19FN2O4. The van der Waals surface area contributed by atoms with Crippen LogP contribution in [0.4, 0.5) is 10.1 Å². The highest BCUT2D eigenvalue weighted by atomic mass is 19.1. The van der Waals surface area contributed by atoms with Gasteiger partial charge in [0.2, 0.25) is 5.91 Å². The Morgan fingerprint density at radius 1 is 1.21 bits per heavy atom. The van der Waals surface area contributed by atoms with Gasteiger partial charge in [0.25, 0.3) is 0 Å². The Labute approximate surface area is 166 Å². The lowest BCUT2D eigenvalue weighted by Crippen LogP contribution is -2.26. The van der Waals surface area contributed by atoms with Gasteiger partial charge < -0.3 is 14.2 Å². The summed E-state index contributed by atoms with van der Waals surface area (Å²) in [6.07, 6.45) is 0.117. The number of carbonyl (C=O) groups is 2. The summed E-state index contributed by atoms with van der Waals surface area (Å²) in [6.45, 7) is 2.21. The molecule has 148 valence electrons. The number of carbonyl (C=O) groups excluding carboxylic acids is 2.